The molecule has 0 atom stereocenters. The summed E-state index contributed by atoms with van der Waals surface area (Å²) in [7, 11) is 0. The second kappa shape index (κ2) is 11.4. The van der Waals surface area contributed by atoms with Crippen molar-refractivity contribution in [2.45, 2.75) is 27.7 Å². The van der Waals surface area contributed by atoms with E-state index >= 15 is 0 Å². The first-order chi connectivity index (χ1) is 17.5. The molecule has 0 aliphatic carbocycles. The fourth-order valence-electron chi connectivity index (χ4n) is 3.21. The molecule has 0 aromatic heterocycles. The lowest BCUT2D eigenvalue weighted by molar-refractivity contribution is -0.132. The summed E-state index contributed by atoms with van der Waals surface area (Å²) in [6.07, 6.45) is 0. The second-order valence-corrected chi connectivity index (χ2v) is 8.73. The van der Waals surface area contributed by atoms with Crippen LogP contribution in [0.2, 0.25) is 0 Å². The molecule has 0 aliphatic rings. The van der Waals surface area contributed by atoms with Gasteiger partial charge in [-0.15, -0.1) is 0 Å². The minimum absolute atomic E-state index is 0.0969. The van der Waals surface area contributed by atoms with E-state index in [1.54, 1.807) is 31.2 Å². The van der Waals surface area contributed by atoms with Crippen LogP contribution >= 0.6 is 0 Å². The van der Waals surface area contributed by atoms with Crippen molar-refractivity contribution in [3.05, 3.63) is 103 Å². The van der Waals surface area contributed by atoms with Gasteiger partial charge in [-0.25, -0.2) is 14.4 Å². The third-order valence-electron chi connectivity index (χ3n) is 5.32. The number of benzene rings is 3. The van der Waals surface area contributed by atoms with E-state index in [1.807, 2.05) is 43.3 Å². The predicted octanol–water partition coefficient (Wildman–Crippen LogP) is 6.77. The number of hydrogen-bond acceptors (Lipinski definition) is 6. The Morgan fingerprint density at radius 3 is 1.30 bits per heavy atom. The van der Waals surface area contributed by atoms with Crippen LogP contribution in [-0.2, 0) is 14.4 Å². The zero-order valence-corrected chi connectivity index (χ0v) is 21.3. The molecule has 3 aromatic rings. The van der Waals surface area contributed by atoms with E-state index in [-0.39, 0.29) is 22.6 Å². The molecule has 0 bridgehead atoms. The third kappa shape index (κ3) is 6.70. The van der Waals surface area contributed by atoms with Gasteiger partial charge in [0, 0.05) is 16.7 Å². The van der Waals surface area contributed by atoms with Gasteiger partial charge >= 0.3 is 17.9 Å². The van der Waals surface area contributed by atoms with Gasteiger partial charge in [0.25, 0.3) is 0 Å². The summed E-state index contributed by atoms with van der Waals surface area (Å²) in [5.41, 5.74) is 5.11. The number of rotatable bonds is 8. The topological polar surface area (TPSA) is 78.9 Å². The van der Waals surface area contributed by atoms with E-state index in [2.05, 4.69) is 19.7 Å². The molecule has 0 aliphatic heterocycles. The summed E-state index contributed by atoms with van der Waals surface area (Å²) >= 11 is 0. The SMILES string of the molecule is C=C(C)C(=O)Oc1ccc(-c2ccc(-c3ccc(OC(=O)C(=C)C)c(OC(=O)C(=C)C)c3)cc2)cc1C. The van der Waals surface area contributed by atoms with Gasteiger partial charge in [0.05, 0.1) is 0 Å². The summed E-state index contributed by atoms with van der Waals surface area (Å²) in [5.74, 6) is -1.04. The Hall–Kier alpha value is -4.71. The minimum atomic E-state index is -0.632. The van der Waals surface area contributed by atoms with Crippen molar-refractivity contribution in [2.75, 3.05) is 0 Å². The summed E-state index contributed by atoms with van der Waals surface area (Å²) in [4.78, 5) is 36.0. The van der Waals surface area contributed by atoms with Crippen LogP contribution in [0.4, 0.5) is 0 Å². The molecule has 0 unspecified atom stereocenters. The molecule has 0 fully saturated rings. The number of carbonyl (C=O) groups is 3. The normalized spacial score (nSPS) is 10.3. The molecule has 0 saturated carbocycles. The second-order valence-electron chi connectivity index (χ2n) is 8.73. The number of esters is 3. The van der Waals surface area contributed by atoms with Crippen LogP contribution in [0.5, 0.6) is 17.2 Å². The zero-order chi connectivity index (χ0) is 27.3. The van der Waals surface area contributed by atoms with E-state index in [0.717, 1.165) is 27.8 Å². The maximum absolute atomic E-state index is 12.2. The lowest BCUT2D eigenvalue weighted by Gasteiger charge is -2.13. The average Bonchev–Trinajstić information content (AvgIpc) is 2.86. The lowest BCUT2D eigenvalue weighted by atomic mass is 9.99. The van der Waals surface area contributed by atoms with Gasteiger partial charge < -0.3 is 14.2 Å². The molecule has 3 rings (SSSR count). The quantitative estimate of drug-likeness (QED) is 0.194. The molecule has 0 saturated heterocycles. The van der Waals surface area contributed by atoms with E-state index < -0.39 is 17.9 Å². The molecule has 0 amide bonds. The Kier molecular flexibility index (Phi) is 8.25. The molecule has 37 heavy (non-hydrogen) atoms. The Morgan fingerprint density at radius 1 is 0.514 bits per heavy atom. The smallest absolute Gasteiger partial charge is 0.338 e. The average molecular weight is 497 g/mol. The van der Waals surface area contributed by atoms with Gasteiger partial charge in [0.15, 0.2) is 11.5 Å². The maximum atomic E-state index is 12.2. The number of hydrogen-bond donors (Lipinski definition) is 0. The fraction of sp³-hybridized carbons (Fsp3) is 0.129. The van der Waals surface area contributed by atoms with Crippen molar-refractivity contribution >= 4 is 17.9 Å². The van der Waals surface area contributed by atoms with Crippen molar-refractivity contribution < 1.29 is 28.6 Å². The van der Waals surface area contributed by atoms with E-state index in [1.165, 1.54) is 13.8 Å². The van der Waals surface area contributed by atoms with E-state index in [0.29, 0.717) is 11.3 Å². The Balaban J connectivity index is 1.89. The first-order valence-electron chi connectivity index (χ1n) is 11.4. The van der Waals surface area contributed by atoms with Gasteiger partial charge in [-0.3, -0.25) is 0 Å². The number of carbonyl (C=O) groups excluding carboxylic acids is 3. The van der Waals surface area contributed by atoms with Gasteiger partial charge in [0.1, 0.15) is 5.75 Å². The first-order valence-corrected chi connectivity index (χ1v) is 11.4. The number of ether oxygens (including phenoxy) is 3. The molecule has 6 nitrogen and oxygen atoms in total. The molecule has 6 heteroatoms. The Bertz CT molecular complexity index is 1430. The van der Waals surface area contributed by atoms with Crippen LogP contribution in [0.15, 0.2) is 97.1 Å². The fourth-order valence-corrected chi connectivity index (χ4v) is 3.21. The van der Waals surface area contributed by atoms with Crippen LogP contribution in [0.1, 0.15) is 26.3 Å². The predicted molar refractivity (Wildman–Crippen MR) is 143 cm³/mol. The molecule has 0 spiro atoms. The summed E-state index contributed by atoms with van der Waals surface area (Å²) < 4.78 is 16.1. The summed E-state index contributed by atoms with van der Waals surface area (Å²) in [6, 6.07) is 18.3. The highest BCUT2D eigenvalue weighted by molar-refractivity contribution is 5.91. The monoisotopic (exact) mass is 496 g/mol. The van der Waals surface area contributed by atoms with Gasteiger partial charge in [0.2, 0.25) is 0 Å². The van der Waals surface area contributed by atoms with Gasteiger partial charge in [-0.2, -0.15) is 0 Å². The highest BCUT2D eigenvalue weighted by Gasteiger charge is 2.16. The van der Waals surface area contributed by atoms with Crippen molar-refractivity contribution in [1.82, 2.24) is 0 Å². The van der Waals surface area contributed by atoms with Crippen LogP contribution in [0.3, 0.4) is 0 Å². The molecular weight excluding hydrogens is 468 g/mol. The van der Waals surface area contributed by atoms with Crippen molar-refractivity contribution in [3.63, 3.8) is 0 Å². The molecule has 188 valence electrons. The van der Waals surface area contributed by atoms with E-state index in [9.17, 15) is 14.4 Å². The minimum Gasteiger partial charge on any atom is -0.423 e. The van der Waals surface area contributed by atoms with Crippen LogP contribution in [-0.4, -0.2) is 17.9 Å². The first kappa shape index (κ1) is 26.9. The highest BCUT2D eigenvalue weighted by Crippen LogP contribution is 2.35. The molecule has 0 radical (unpaired) electrons. The molecular formula is C31H28O6. The van der Waals surface area contributed by atoms with Gasteiger partial charge in [-0.1, -0.05) is 56.1 Å². The van der Waals surface area contributed by atoms with Crippen molar-refractivity contribution in [3.8, 4) is 39.5 Å². The standard InChI is InChI=1S/C31H28O6/c1-18(2)29(32)35-26-14-12-24(16-21(26)7)22-8-10-23(11-9-22)25-13-15-27(36-30(33)19(3)4)28(17-25)37-31(34)20(5)6/h8-17H,1,3,5H2,2,4,6-7H3. The van der Waals surface area contributed by atoms with Crippen LogP contribution < -0.4 is 14.2 Å². The third-order valence-corrected chi connectivity index (χ3v) is 5.32. The van der Waals surface area contributed by atoms with Crippen molar-refractivity contribution in [2.24, 2.45) is 0 Å². The Labute approximate surface area is 216 Å². The largest absolute Gasteiger partial charge is 0.423 e. The van der Waals surface area contributed by atoms with Crippen LogP contribution in [0, 0.1) is 6.92 Å². The van der Waals surface area contributed by atoms with E-state index in [4.69, 9.17) is 14.2 Å². The number of aryl methyl sites for hydroxylation is 1. The Morgan fingerprint density at radius 2 is 0.865 bits per heavy atom. The zero-order valence-electron chi connectivity index (χ0n) is 21.3. The van der Waals surface area contributed by atoms with Crippen molar-refractivity contribution in [1.29, 1.82) is 0 Å². The maximum Gasteiger partial charge on any atom is 0.338 e. The lowest BCUT2D eigenvalue weighted by Crippen LogP contribution is -2.12. The molecule has 0 heterocycles. The summed E-state index contributed by atoms with van der Waals surface area (Å²) in [5, 5.41) is 0. The molecule has 3 aromatic carbocycles. The highest BCUT2D eigenvalue weighted by atomic mass is 16.6. The van der Waals surface area contributed by atoms with Gasteiger partial charge in [-0.05, 0) is 79.8 Å². The molecule has 0 N–H and O–H groups in total. The summed E-state index contributed by atoms with van der Waals surface area (Å²) in [6.45, 7) is 17.3. The van der Waals surface area contributed by atoms with Crippen LogP contribution in [0.25, 0.3) is 22.3 Å².